The Bertz CT molecular complexity index is 425. The van der Waals surface area contributed by atoms with E-state index in [-0.39, 0.29) is 11.7 Å². The molecule has 0 saturated carbocycles. The lowest BCUT2D eigenvalue weighted by Gasteiger charge is -2.12. The van der Waals surface area contributed by atoms with Gasteiger partial charge in [-0.1, -0.05) is 17.7 Å². The summed E-state index contributed by atoms with van der Waals surface area (Å²) in [6.45, 7) is 1.29. The summed E-state index contributed by atoms with van der Waals surface area (Å²) in [7, 11) is 0. The summed E-state index contributed by atoms with van der Waals surface area (Å²) in [5.74, 6) is -1.14. The molecule has 6 heteroatoms. The number of amides is 1. The van der Waals surface area contributed by atoms with Crippen LogP contribution in [0, 0.1) is 0 Å². The maximum Gasteiger partial charge on any atom is 0.327 e. The number of benzene rings is 1. The first-order chi connectivity index (χ1) is 7.99. The lowest BCUT2D eigenvalue weighted by molar-refractivity contribution is -0.140. The maximum absolute atomic E-state index is 10.9. The van der Waals surface area contributed by atoms with Crippen LogP contribution < -0.4 is 5.32 Å². The molecule has 0 aliphatic rings. The summed E-state index contributed by atoms with van der Waals surface area (Å²) >= 11 is 7.14. The highest BCUT2D eigenvalue weighted by atomic mass is 35.5. The Labute approximate surface area is 108 Å². The van der Waals surface area contributed by atoms with E-state index in [2.05, 4.69) is 5.32 Å². The van der Waals surface area contributed by atoms with Crippen LogP contribution in [0.4, 0.5) is 0 Å². The van der Waals surface area contributed by atoms with Crippen molar-refractivity contribution < 1.29 is 14.7 Å². The normalized spacial score (nSPS) is 11.9. The van der Waals surface area contributed by atoms with Crippen molar-refractivity contribution >= 4 is 35.2 Å². The molecule has 0 aliphatic carbocycles. The molecule has 0 saturated heterocycles. The van der Waals surface area contributed by atoms with Gasteiger partial charge in [0, 0.05) is 22.6 Å². The van der Waals surface area contributed by atoms with Gasteiger partial charge in [-0.15, -0.1) is 11.8 Å². The zero-order valence-corrected chi connectivity index (χ0v) is 10.7. The quantitative estimate of drug-likeness (QED) is 0.806. The molecule has 0 aromatic heterocycles. The molecule has 4 nitrogen and oxygen atoms in total. The monoisotopic (exact) mass is 273 g/mol. The van der Waals surface area contributed by atoms with Crippen LogP contribution in [0.5, 0.6) is 0 Å². The minimum atomic E-state index is -1.05. The summed E-state index contributed by atoms with van der Waals surface area (Å²) in [6, 6.07) is 6.23. The first-order valence-corrected chi connectivity index (χ1v) is 6.23. The van der Waals surface area contributed by atoms with Crippen LogP contribution in [0.3, 0.4) is 0 Å². The van der Waals surface area contributed by atoms with Crippen molar-refractivity contribution in [2.75, 3.05) is 5.75 Å². The Morgan fingerprint density at radius 2 is 2.24 bits per heavy atom. The molecule has 0 radical (unpaired) electrons. The standard InChI is InChI=1S/C11H12ClNO3S/c1-7(14)13-10(11(15)16)6-17-9-4-2-3-8(12)5-9/h2-5,10H,6H2,1H3,(H,13,14)(H,15,16). The minimum Gasteiger partial charge on any atom is -0.480 e. The Morgan fingerprint density at radius 3 is 2.76 bits per heavy atom. The first kappa shape index (κ1) is 13.9. The summed E-state index contributed by atoms with van der Waals surface area (Å²) in [5, 5.41) is 11.9. The molecule has 1 aromatic rings. The van der Waals surface area contributed by atoms with Crippen molar-refractivity contribution in [1.82, 2.24) is 5.32 Å². The van der Waals surface area contributed by atoms with Gasteiger partial charge in [0.2, 0.25) is 5.91 Å². The number of thioether (sulfide) groups is 1. The molecule has 1 amide bonds. The van der Waals surface area contributed by atoms with Crippen molar-refractivity contribution in [3.05, 3.63) is 29.3 Å². The van der Waals surface area contributed by atoms with Crippen molar-refractivity contribution in [2.45, 2.75) is 17.9 Å². The zero-order chi connectivity index (χ0) is 12.8. The largest absolute Gasteiger partial charge is 0.480 e. The predicted molar refractivity (Wildman–Crippen MR) is 67.4 cm³/mol. The van der Waals surface area contributed by atoms with E-state index in [0.29, 0.717) is 5.02 Å². The minimum absolute atomic E-state index is 0.259. The van der Waals surface area contributed by atoms with Gasteiger partial charge in [-0.2, -0.15) is 0 Å². The molecule has 0 heterocycles. The van der Waals surface area contributed by atoms with Crippen LogP contribution >= 0.6 is 23.4 Å². The van der Waals surface area contributed by atoms with Crippen molar-refractivity contribution in [3.8, 4) is 0 Å². The first-order valence-electron chi connectivity index (χ1n) is 4.87. The average Bonchev–Trinajstić information content (AvgIpc) is 2.23. The fourth-order valence-corrected chi connectivity index (χ4v) is 2.38. The second-order valence-corrected chi connectivity index (χ2v) is 4.89. The Kier molecular flexibility index (Phi) is 5.31. The second-order valence-electron chi connectivity index (χ2n) is 3.36. The second kappa shape index (κ2) is 6.51. The highest BCUT2D eigenvalue weighted by molar-refractivity contribution is 7.99. The van der Waals surface area contributed by atoms with E-state index in [1.165, 1.54) is 18.7 Å². The number of nitrogens with one attached hydrogen (secondary N) is 1. The van der Waals surface area contributed by atoms with Gasteiger partial charge in [0.25, 0.3) is 0 Å². The van der Waals surface area contributed by atoms with Gasteiger partial charge in [-0.3, -0.25) is 4.79 Å². The van der Waals surface area contributed by atoms with Gasteiger partial charge in [0.15, 0.2) is 0 Å². The van der Waals surface area contributed by atoms with Crippen molar-refractivity contribution in [1.29, 1.82) is 0 Å². The average molecular weight is 274 g/mol. The number of carbonyl (C=O) groups excluding carboxylic acids is 1. The molecule has 1 unspecified atom stereocenters. The van der Waals surface area contributed by atoms with E-state index in [9.17, 15) is 9.59 Å². The van der Waals surface area contributed by atoms with Crippen LogP contribution in [-0.2, 0) is 9.59 Å². The lowest BCUT2D eigenvalue weighted by atomic mass is 10.3. The number of carbonyl (C=O) groups is 2. The van der Waals surface area contributed by atoms with Crippen LogP contribution in [0.15, 0.2) is 29.2 Å². The molecule has 0 aliphatic heterocycles. The molecule has 1 aromatic carbocycles. The molecule has 92 valence electrons. The number of carboxylic acids is 1. The molecule has 0 spiro atoms. The highest BCUT2D eigenvalue weighted by Gasteiger charge is 2.18. The number of aliphatic carboxylic acids is 1. The number of carboxylic acid groups (broad SMARTS) is 1. The molecule has 17 heavy (non-hydrogen) atoms. The third-order valence-electron chi connectivity index (χ3n) is 1.89. The van der Waals surface area contributed by atoms with E-state index in [1.807, 2.05) is 6.07 Å². The fraction of sp³-hybridized carbons (Fsp3) is 0.273. The van der Waals surface area contributed by atoms with Gasteiger partial charge in [-0.05, 0) is 18.2 Å². The van der Waals surface area contributed by atoms with E-state index < -0.39 is 12.0 Å². The number of hydrogen-bond acceptors (Lipinski definition) is 3. The molecule has 1 atom stereocenters. The fourth-order valence-electron chi connectivity index (χ4n) is 1.16. The molecular formula is C11H12ClNO3S. The molecule has 1 rings (SSSR count). The van der Waals surface area contributed by atoms with Gasteiger partial charge in [0.1, 0.15) is 6.04 Å². The Balaban J connectivity index is 2.57. The van der Waals surface area contributed by atoms with E-state index >= 15 is 0 Å². The highest BCUT2D eigenvalue weighted by Crippen LogP contribution is 2.22. The third-order valence-corrected chi connectivity index (χ3v) is 3.21. The summed E-state index contributed by atoms with van der Waals surface area (Å²) < 4.78 is 0. The van der Waals surface area contributed by atoms with Gasteiger partial charge in [0.05, 0.1) is 0 Å². The molecular weight excluding hydrogens is 262 g/mol. The topological polar surface area (TPSA) is 66.4 Å². The van der Waals surface area contributed by atoms with E-state index in [4.69, 9.17) is 16.7 Å². The Hall–Kier alpha value is -1.20. The number of rotatable bonds is 5. The maximum atomic E-state index is 10.9. The number of hydrogen-bond donors (Lipinski definition) is 2. The smallest absolute Gasteiger partial charge is 0.327 e. The third kappa shape index (κ3) is 5.10. The van der Waals surface area contributed by atoms with Crippen LogP contribution in [0.25, 0.3) is 0 Å². The SMILES string of the molecule is CC(=O)NC(CSc1cccc(Cl)c1)C(=O)O. The van der Waals surface area contributed by atoms with Crippen molar-refractivity contribution in [2.24, 2.45) is 0 Å². The molecule has 2 N–H and O–H groups in total. The lowest BCUT2D eigenvalue weighted by Crippen LogP contribution is -2.41. The van der Waals surface area contributed by atoms with Crippen LogP contribution in [-0.4, -0.2) is 28.8 Å². The van der Waals surface area contributed by atoms with E-state index in [1.54, 1.807) is 18.2 Å². The van der Waals surface area contributed by atoms with Gasteiger partial charge < -0.3 is 10.4 Å². The summed E-state index contributed by atoms with van der Waals surface area (Å²) in [4.78, 5) is 22.6. The Morgan fingerprint density at radius 1 is 1.53 bits per heavy atom. The molecule has 0 fully saturated rings. The van der Waals surface area contributed by atoms with Crippen LogP contribution in [0.2, 0.25) is 5.02 Å². The van der Waals surface area contributed by atoms with Gasteiger partial charge in [-0.25, -0.2) is 4.79 Å². The van der Waals surface area contributed by atoms with Gasteiger partial charge >= 0.3 is 5.97 Å². The predicted octanol–water partition coefficient (Wildman–Crippen LogP) is 2.02. The number of halogens is 1. The van der Waals surface area contributed by atoms with Crippen LogP contribution in [0.1, 0.15) is 6.92 Å². The summed E-state index contributed by atoms with van der Waals surface area (Å²) in [5.41, 5.74) is 0. The zero-order valence-electron chi connectivity index (χ0n) is 9.14. The van der Waals surface area contributed by atoms with Crippen molar-refractivity contribution in [3.63, 3.8) is 0 Å². The summed E-state index contributed by atoms with van der Waals surface area (Å²) in [6.07, 6.45) is 0. The molecule has 0 bridgehead atoms. The van der Waals surface area contributed by atoms with E-state index in [0.717, 1.165) is 4.90 Å².